The highest BCUT2D eigenvalue weighted by Gasteiger charge is 2.38. The fourth-order valence-corrected chi connectivity index (χ4v) is 3.13. The van der Waals surface area contributed by atoms with Crippen LogP contribution < -0.4 is 10.2 Å². The summed E-state index contributed by atoms with van der Waals surface area (Å²) in [4.78, 5) is 26.5. The third-order valence-corrected chi connectivity index (χ3v) is 4.57. The van der Waals surface area contributed by atoms with Gasteiger partial charge in [0.25, 0.3) is 0 Å². The summed E-state index contributed by atoms with van der Waals surface area (Å²) >= 11 is 0. The molecule has 1 fully saturated rings. The lowest BCUT2D eigenvalue weighted by atomic mass is 10.0. The summed E-state index contributed by atoms with van der Waals surface area (Å²) in [6.45, 7) is 4.07. The molecule has 2 amide bonds. The van der Waals surface area contributed by atoms with Crippen molar-refractivity contribution in [1.29, 1.82) is 0 Å². The van der Waals surface area contributed by atoms with E-state index in [1.54, 1.807) is 12.1 Å². The number of hydrogen-bond donors (Lipinski definition) is 1. The first kappa shape index (κ1) is 17.1. The number of nitrogens with zero attached hydrogens (tertiary/aromatic N) is 1. The first-order valence-electron chi connectivity index (χ1n) is 8.40. The maximum atomic E-state index is 14.1. The average molecular weight is 340 g/mol. The van der Waals surface area contributed by atoms with Crippen molar-refractivity contribution in [3.05, 3.63) is 65.5 Å². The van der Waals surface area contributed by atoms with Gasteiger partial charge in [-0.25, -0.2) is 4.39 Å². The van der Waals surface area contributed by atoms with E-state index in [4.69, 9.17) is 0 Å². The normalized spacial score (nSPS) is 18.3. The molecular weight excluding hydrogens is 319 g/mol. The Bertz CT molecular complexity index is 792. The second-order valence-corrected chi connectivity index (χ2v) is 6.43. The number of carbonyl (C=O) groups is 2. The molecule has 0 saturated carbocycles. The number of aryl methyl sites for hydroxylation is 1. The van der Waals surface area contributed by atoms with Gasteiger partial charge in [-0.05, 0) is 43.5 Å². The van der Waals surface area contributed by atoms with Crippen LogP contribution in [0.1, 0.15) is 30.5 Å². The molecule has 0 aliphatic carbocycles. The Hall–Kier alpha value is -2.69. The number of anilines is 1. The molecule has 0 bridgehead atoms. The molecule has 1 saturated heterocycles. The molecule has 4 nitrogen and oxygen atoms in total. The van der Waals surface area contributed by atoms with E-state index in [0.29, 0.717) is 13.0 Å². The lowest BCUT2D eigenvalue weighted by Crippen LogP contribution is -2.38. The zero-order chi connectivity index (χ0) is 18.0. The van der Waals surface area contributed by atoms with Crippen molar-refractivity contribution >= 4 is 17.5 Å². The smallest absolute Gasteiger partial charge is 0.239 e. The highest BCUT2D eigenvalue weighted by atomic mass is 19.1. The Morgan fingerprint density at radius 3 is 2.68 bits per heavy atom. The maximum Gasteiger partial charge on any atom is 0.239 e. The van der Waals surface area contributed by atoms with Crippen molar-refractivity contribution in [2.24, 2.45) is 5.92 Å². The molecule has 2 unspecified atom stereocenters. The quantitative estimate of drug-likeness (QED) is 0.868. The fraction of sp³-hybridized carbons (Fsp3) is 0.300. The second-order valence-electron chi connectivity index (χ2n) is 6.43. The Morgan fingerprint density at radius 2 is 1.96 bits per heavy atom. The number of amides is 2. The predicted molar refractivity (Wildman–Crippen MR) is 94.6 cm³/mol. The third kappa shape index (κ3) is 3.55. The van der Waals surface area contributed by atoms with E-state index in [2.05, 4.69) is 5.32 Å². The van der Waals surface area contributed by atoms with E-state index in [9.17, 15) is 14.0 Å². The minimum atomic E-state index is -0.772. The van der Waals surface area contributed by atoms with Gasteiger partial charge >= 0.3 is 0 Å². The van der Waals surface area contributed by atoms with E-state index < -0.39 is 11.7 Å². The zero-order valence-electron chi connectivity index (χ0n) is 14.3. The van der Waals surface area contributed by atoms with Crippen molar-refractivity contribution in [2.75, 3.05) is 11.4 Å². The standard InChI is InChI=1S/C20H21FN2O2/c1-13-8-9-17(21)18(12-13)23-11-10-16(20(23)25)19(24)22-14(2)15-6-4-3-5-7-15/h3-9,12,14,16H,10-11H2,1-2H3,(H,22,24). The van der Waals surface area contributed by atoms with Crippen molar-refractivity contribution in [2.45, 2.75) is 26.3 Å². The van der Waals surface area contributed by atoms with Crippen LogP contribution in [-0.2, 0) is 9.59 Å². The molecule has 1 aliphatic rings. The molecule has 1 heterocycles. The van der Waals surface area contributed by atoms with Crippen LogP contribution >= 0.6 is 0 Å². The molecular formula is C20H21FN2O2. The second kappa shape index (κ2) is 7.05. The Morgan fingerprint density at radius 1 is 1.24 bits per heavy atom. The van der Waals surface area contributed by atoms with Crippen LogP contribution in [0, 0.1) is 18.7 Å². The van der Waals surface area contributed by atoms with Crippen LogP contribution in [0.25, 0.3) is 0 Å². The summed E-state index contributed by atoms with van der Waals surface area (Å²) < 4.78 is 14.1. The maximum absolute atomic E-state index is 14.1. The van der Waals surface area contributed by atoms with Gasteiger partial charge in [0.1, 0.15) is 11.7 Å². The summed E-state index contributed by atoms with van der Waals surface area (Å²) in [7, 11) is 0. The Labute approximate surface area is 146 Å². The van der Waals surface area contributed by atoms with Crippen molar-refractivity contribution in [3.8, 4) is 0 Å². The molecule has 1 N–H and O–H groups in total. The number of nitrogens with one attached hydrogen (secondary N) is 1. The largest absolute Gasteiger partial charge is 0.349 e. The molecule has 2 aromatic carbocycles. The Kier molecular flexibility index (Phi) is 4.83. The van der Waals surface area contributed by atoms with Crippen LogP contribution in [0.5, 0.6) is 0 Å². The molecule has 0 radical (unpaired) electrons. The minimum absolute atomic E-state index is 0.189. The van der Waals surface area contributed by atoms with Gasteiger partial charge in [-0.15, -0.1) is 0 Å². The summed E-state index contributed by atoms with van der Waals surface area (Å²) in [6, 6.07) is 14.0. The first-order chi connectivity index (χ1) is 12.0. The third-order valence-electron chi connectivity index (χ3n) is 4.57. The fourth-order valence-electron chi connectivity index (χ4n) is 3.13. The Balaban J connectivity index is 1.71. The monoisotopic (exact) mass is 340 g/mol. The number of benzene rings is 2. The topological polar surface area (TPSA) is 49.4 Å². The van der Waals surface area contributed by atoms with E-state index in [0.717, 1.165) is 11.1 Å². The molecule has 25 heavy (non-hydrogen) atoms. The van der Waals surface area contributed by atoms with Gasteiger partial charge in [-0.1, -0.05) is 36.4 Å². The molecule has 5 heteroatoms. The van der Waals surface area contributed by atoms with Gasteiger partial charge in [0, 0.05) is 6.54 Å². The molecule has 0 aromatic heterocycles. The van der Waals surface area contributed by atoms with Crippen molar-refractivity contribution < 1.29 is 14.0 Å². The van der Waals surface area contributed by atoms with Crippen molar-refractivity contribution in [1.82, 2.24) is 5.32 Å². The lowest BCUT2D eigenvalue weighted by molar-refractivity contribution is -0.132. The van der Waals surface area contributed by atoms with Gasteiger partial charge in [0.05, 0.1) is 11.7 Å². The number of hydrogen-bond acceptors (Lipinski definition) is 2. The van der Waals surface area contributed by atoms with Gasteiger partial charge in [-0.2, -0.15) is 0 Å². The van der Waals surface area contributed by atoms with E-state index in [1.165, 1.54) is 11.0 Å². The van der Waals surface area contributed by atoms with Crippen LogP contribution in [-0.4, -0.2) is 18.4 Å². The summed E-state index contributed by atoms with van der Waals surface area (Å²) in [5.74, 6) is -1.87. The van der Waals surface area contributed by atoms with Gasteiger partial charge < -0.3 is 10.2 Å². The predicted octanol–water partition coefficient (Wildman–Crippen LogP) is 3.36. The highest BCUT2D eigenvalue weighted by Crippen LogP contribution is 2.29. The van der Waals surface area contributed by atoms with Crippen LogP contribution in [0.2, 0.25) is 0 Å². The number of halogens is 1. The average Bonchev–Trinajstić information content (AvgIpc) is 2.99. The molecule has 1 aliphatic heterocycles. The molecule has 130 valence electrons. The van der Waals surface area contributed by atoms with E-state index in [-0.39, 0.29) is 23.5 Å². The van der Waals surface area contributed by atoms with Crippen LogP contribution in [0.15, 0.2) is 48.5 Å². The van der Waals surface area contributed by atoms with Crippen LogP contribution in [0.3, 0.4) is 0 Å². The molecule has 2 atom stereocenters. The SMILES string of the molecule is Cc1ccc(F)c(N2CCC(C(=O)NC(C)c3ccccc3)C2=O)c1. The van der Waals surface area contributed by atoms with Crippen LogP contribution in [0.4, 0.5) is 10.1 Å². The van der Waals surface area contributed by atoms with Gasteiger partial charge in [0.2, 0.25) is 11.8 Å². The minimum Gasteiger partial charge on any atom is -0.349 e. The molecule has 0 spiro atoms. The zero-order valence-corrected chi connectivity index (χ0v) is 14.3. The summed E-state index contributed by atoms with van der Waals surface area (Å²) in [6.07, 6.45) is 0.388. The lowest BCUT2D eigenvalue weighted by Gasteiger charge is -2.19. The van der Waals surface area contributed by atoms with E-state index in [1.807, 2.05) is 44.2 Å². The van der Waals surface area contributed by atoms with Crippen molar-refractivity contribution in [3.63, 3.8) is 0 Å². The number of carbonyl (C=O) groups excluding carboxylic acids is 2. The van der Waals surface area contributed by atoms with Gasteiger partial charge in [-0.3, -0.25) is 9.59 Å². The molecule has 2 aromatic rings. The van der Waals surface area contributed by atoms with Gasteiger partial charge in [0.15, 0.2) is 0 Å². The summed E-state index contributed by atoms with van der Waals surface area (Å²) in [5.41, 5.74) is 2.09. The molecule has 3 rings (SSSR count). The van der Waals surface area contributed by atoms with E-state index >= 15 is 0 Å². The summed E-state index contributed by atoms with van der Waals surface area (Å²) in [5, 5.41) is 2.89. The first-order valence-corrected chi connectivity index (χ1v) is 8.40. The number of rotatable bonds is 4. The highest BCUT2D eigenvalue weighted by molar-refractivity contribution is 6.09.